The third-order valence-electron chi connectivity index (χ3n) is 5.34. The highest BCUT2D eigenvalue weighted by Gasteiger charge is 2.23. The molecule has 5 heteroatoms. The van der Waals surface area contributed by atoms with Crippen molar-refractivity contribution in [1.29, 1.82) is 0 Å². The van der Waals surface area contributed by atoms with Crippen LogP contribution < -0.4 is 9.47 Å². The van der Waals surface area contributed by atoms with Crippen LogP contribution in [-0.2, 0) is 6.54 Å². The first-order valence-electron chi connectivity index (χ1n) is 9.84. The zero-order valence-corrected chi connectivity index (χ0v) is 17.3. The van der Waals surface area contributed by atoms with Gasteiger partial charge in [0.15, 0.2) is 11.5 Å². The first-order valence-corrected chi connectivity index (χ1v) is 9.84. The molecule has 1 aliphatic heterocycles. The van der Waals surface area contributed by atoms with E-state index in [9.17, 15) is 4.79 Å². The van der Waals surface area contributed by atoms with Crippen molar-refractivity contribution in [1.82, 2.24) is 9.80 Å². The van der Waals surface area contributed by atoms with Gasteiger partial charge in [0, 0.05) is 38.3 Å². The molecule has 150 valence electrons. The number of benzene rings is 2. The van der Waals surface area contributed by atoms with E-state index in [2.05, 4.69) is 43.0 Å². The van der Waals surface area contributed by atoms with Gasteiger partial charge in [0.25, 0.3) is 5.91 Å². The van der Waals surface area contributed by atoms with Crippen LogP contribution in [0.3, 0.4) is 0 Å². The summed E-state index contributed by atoms with van der Waals surface area (Å²) in [5.74, 6) is 1.81. The molecule has 28 heavy (non-hydrogen) atoms. The summed E-state index contributed by atoms with van der Waals surface area (Å²) < 4.78 is 10.6. The van der Waals surface area contributed by atoms with Gasteiger partial charge in [-0.25, -0.2) is 0 Å². The Kier molecular flexibility index (Phi) is 6.57. The standard InChI is InChI=1S/C23H30N2O3/c1-17(2)19-7-5-18(6-8-19)16-24-11-13-25(14-12-24)23(26)20-9-10-21(27-3)22(15-20)28-4/h5-10,15,17H,11-14,16H2,1-4H3. The number of carbonyl (C=O) groups excluding carboxylic acids is 1. The number of piperazine rings is 1. The van der Waals surface area contributed by atoms with E-state index >= 15 is 0 Å². The van der Waals surface area contributed by atoms with Crippen molar-refractivity contribution in [3.8, 4) is 11.5 Å². The average Bonchev–Trinajstić information content (AvgIpc) is 2.73. The minimum Gasteiger partial charge on any atom is -0.493 e. The second-order valence-electron chi connectivity index (χ2n) is 7.53. The molecule has 2 aromatic rings. The van der Waals surface area contributed by atoms with Crippen molar-refractivity contribution in [2.24, 2.45) is 0 Å². The quantitative estimate of drug-likeness (QED) is 0.762. The summed E-state index contributed by atoms with van der Waals surface area (Å²) in [4.78, 5) is 17.2. The van der Waals surface area contributed by atoms with E-state index in [1.165, 1.54) is 11.1 Å². The molecule has 5 nitrogen and oxygen atoms in total. The normalized spacial score (nSPS) is 15.0. The molecular weight excluding hydrogens is 352 g/mol. The van der Waals surface area contributed by atoms with Crippen LogP contribution in [-0.4, -0.2) is 56.1 Å². The summed E-state index contributed by atoms with van der Waals surface area (Å²) in [5, 5.41) is 0. The third kappa shape index (κ3) is 4.65. The molecule has 0 saturated carbocycles. The Hall–Kier alpha value is -2.53. The monoisotopic (exact) mass is 382 g/mol. The van der Waals surface area contributed by atoms with Crippen LogP contribution in [0.1, 0.15) is 41.3 Å². The molecule has 3 rings (SSSR count). The number of ether oxygens (including phenoxy) is 2. The highest BCUT2D eigenvalue weighted by molar-refractivity contribution is 5.95. The summed E-state index contributed by atoms with van der Waals surface area (Å²) in [7, 11) is 3.17. The number of nitrogens with zero attached hydrogens (tertiary/aromatic N) is 2. The highest BCUT2D eigenvalue weighted by Crippen LogP contribution is 2.28. The number of hydrogen-bond acceptors (Lipinski definition) is 4. The van der Waals surface area contributed by atoms with Gasteiger partial charge in [0.1, 0.15) is 0 Å². The lowest BCUT2D eigenvalue weighted by molar-refractivity contribution is 0.0628. The summed E-state index contributed by atoms with van der Waals surface area (Å²) in [6.07, 6.45) is 0. The Morgan fingerprint density at radius 3 is 2.14 bits per heavy atom. The van der Waals surface area contributed by atoms with Crippen LogP contribution in [0.25, 0.3) is 0 Å². The van der Waals surface area contributed by atoms with Crippen LogP contribution in [0, 0.1) is 0 Å². The third-order valence-corrected chi connectivity index (χ3v) is 5.34. The van der Waals surface area contributed by atoms with Gasteiger partial charge in [-0.05, 0) is 35.2 Å². The van der Waals surface area contributed by atoms with Crippen LogP contribution >= 0.6 is 0 Å². The molecule has 0 N–H and O–H groups in total. The Bertz CT molecular complexity index is 794. The van der Waals surface area contributed by atoms with Crippen molar-refractivity contribution in [3.63, 3.8) is 0 Å². The van der Waals surface area contributed by atoms with E-state index < -0.39 is 0 Å². The van der Waals surface area contributed by atoms with E-state index in [4.69, 9.17) is 9.47 Å². The van der Waals surface area contributed by atoms with E-state index in [0.29, 0.717) is 23.0 Å². The summed E-state index contributed by atoms with van der Waals surface area (Å²) >= 11 is 0. The molecule has 0 unspecified atom stereocenters. The molecule has 0 radical (unpaired) electrons. The topological polar surface area (TPSA) is 42.0 Å². The van der Waals surface area contributed by atoms with Gasteiger partial charge in [-0.2, -0.15) is 0 Å². The molecule has 1 aliphatic rings. The predicted molar refractivity (Wildman–Crippen MR) is 111 cm³/mol. The van der Waals surface area contributed by atoms with Crippen LogP contribution in [0.2, 0.25) is 0 Å². The smallest absolute Gasteiger partial charge is 0.254 e. The maximum Gasteiger partial charge on any atom is 0.254 e. The van der Waals surface area contributed by atoms with E-state index in [-0.39, 0.29) is 5.91 Å². The second-order valence-corrected chi connectivity index (χ2v) is 7.53. The zero-order chi connectivity index (χ0) is 20.1. The minimum atomic E-state index is 0.0434. The number of carbonyl (C=O) groups is 1. The number of methoxy groups -OCH3 is 2. The highest BCUT2D eigenvalue weighted by atomic mass is 16.5. The fraction of sp³-hybridized carbons (Fsp3) is 0.435. The predicted octanol–water partition coefficient (Wildman–Crippen LogP) is 3.79. The Balaban J connectivity index is 1.56. The fourth-order valence-corrected chi connectivity index (χ4v) is 3.53. The molecular formula is C23H30N2O3. The molecule has 0 bridgehead atoms. The molecule has 1 saturated heterocycles. The summed E-state index contributed by atoms with van der Waals surface area (Å²) in [5.41, 5.74) is 3.33. The largest absolute Gasteiger partial charge is 0.493 e. The van der Waals surface area contributed by atoms with Crippen molar-refractivity contribution < 1.29 is 14.3 Å². The van der Waals surface area contributed by atoms with Gasteiger partial charge >= 0.3 is 0 Å². The zero-order valence-electron chi connectivity index (χ0n) is 17.3. The van der Waals surface area contributed by atoms with Crippen LogP contribution in [0.15, 0.2) is 42.5 Å². The molecule has 0 atom stereocenters. The maximum absolute atomic E-state index is 12.8. The average molecular weight is 383 g/mol. The molecule has 0 spiro atoms. The van der Waals surface area contributed by atoms with E-state index in [0.717, 1.165) is 32.7 Å². The van der Waals surface area contributed by atoms with E-state index in [1.54, 1.807) is 32.4 Å². The molecule has 2 aromatic carbocycles. The Labute approximate surface area is 167 Å². The van der Waals surface area contributed by atoms with Crippen molar-refractivity contribution in [2.75, 3.05) is 40.4 Å². The number of amides is 1. The number of rotatable bonds is 6. The fourth-order valence-electron chi connectivity index (χ4n) is 3.53. The molecule has 0 aromatic heterocycles. The first kappa shape index (κ1) is 20.2. The van der Waals surface area contributed by atoms with Crippen LogP contribution in [0.5, 0.6) is 11.5 Å². The number of hydrogen-bond donors (Lipinski definition) is 0. The first-order chi connectivity index (χ1) is 13.5. The van der Waals surface area contributed by atoms with Gasteiger partial charge in [0.05, 0.1) is 14.2 Å². The van der Waals surface area contributed by atoms with E-state index in [1.807, 2.05) is 4.90 Å². The second kappa shape index (κ2) is 9.11. The van der Waals surface area contributed by atoms with Gasteiger partial charge in [-0.3, -0.25) is 9.69 Å². The maximum atomic E-state index is 12.8. The van der Waals surface area contributed by atoms with Gasteiger partial charge < -0.3 is 14.4 Å². The van der Waals surface area contributed by atoms with Crippen molar-refractivity contribution in [3.05, 3.63) is 59.2 Å². The Morgan fingerprint density at radius 1 is 0.929 bits per heavy atom. The van der Waals surface area contributed by atoms with Gasteiger partial charge in [-0.15, -0.1) is 0 Å². The minimum absolute atomic E-state index is 0.0434. The lowest BCUT2D eigenvalue weighted by Gasteiger charge is -2.35. The van der Waals surface area contributed by atoms with Crippen LogP contribution in [0.4, 0.5) is 0 Å². The summed E-state index contributed by atoms with van der Waals surface area (Å²) in [6, 6.07) is 14.2. The molecule has 1 heterocycles. The van der Waals surface area contributed by atoms with Gasteiger partial charge in [0.2, 0.25) is 0 Å². The summed E-state index contributed by atoms with van der Waals surface area (Å²) in [6.45, 7) is 8.58. The van der Waals surface area contributed by atoms with Gasteiger partial charge in [-0.1, -0.05) is 38.1 Å². The molecule has 0 aliphatic carbocycles. The SMILES string of the molecule is COc1ccc(C(=O)N2CCN(Cc3ccc(C(C)C)cc3)CC2)cc1OC. The van der Waals surface area contributed by atoms with Crippen molar-refractivity contribution in [2.45, 2.75) is 26.3 Å². The van der Waals surface area contributed by atoms with Crippen molar-refractivity contribution >= 4 is 5.91 Å². The molecule has 1 fully saturated rings. The lowest BCUT2D eigenvalue weighted by Crippen LogP contribution is -2.48. The molecule has 1 amide bonds. The Morgan fingerprint density at radius 2 is 1.57 bits per heavy atom. The lowest BCUT2D eigenvalue weighted by atomic mass is 10.0.